The first-order valence-corrected chi connectivity index (χ1v) is 21.1. The molecule has 0 saturated heterocycles. The molecule has 7 aromatic rings. The van der Waals surface area contributed by atoms with Gasteiger partial charge in [-0.2, -0.15) is 0 Å². The van der Waals surface area contributed by atoms with E-state index in [1.807, 2.05) is 24.8 Å². The monoisotopic (exact) mass is 688 g/mol. The van der Waals surface area contributed by atoms with Crippen LogP contribution in [0.1, 0.15) is 50.7 Å². The van der Waals surface area contributed by atoms with Crippen LogP contribution in [0.15, 0.2) is 128 Å². The molecule has 6 nitrogen and oxygen atoms in total. The standard InChI is InChI=1S/C41H38GeN6/c1-29-15-17-39-36(21-29)40(2)19-9-10-20-41(40,3)47(39)33-16-18-38-35(22-33)34-13-7-8-14-37(34)48(38)42(30-11-5-4-6-12-30,31-23-43-27-44-24-31)32-25-45-28-46-26-32/h4-8,11-18,21-28H,9-10,19-20H2,1-3H3. The van der Waals surface area contributed by atoms with Crippen molar-refractivity contribution in [2.45, 2.75) is 57.4 Å². The topological polar surface area (TPSA) is 59.7 Å². The Balaban J connectivity index is 1.37. The summed E-state index contributed by atoms with van der Waals surface area (Å²) in [5.41, 5.74) is 7.93. The predicted molar refractivity (Wildman–Crippen MR) is 198 cm³/mol. The van der Waals surface area contributed by atoms with Gasteiger partial charge >= 0.3 is 285 Å². The minimum atomic E-state index is -3.88. The van der Waals surface area contributed by atoms with Gasteiger partial charge in [-0.3, -0.25) is 0 Å². The van der Waals surface area contributed by atoms with Gasteiger partial charge in [0.2, 0.25) is 0 Å². The molecule has 2 aliphatic rings. The molecule has 236 valence electrons. The van der Waals surface area contributed by atoms with E-state index in [0.717, 1.165) is 8.79 Å². The summed E-state index contributed by atoms with van der Waals surface area (Å²) in [6, 6.07) is 34.1. The molecule has 1 fully saturated rings. The fraction of sp³-hybridized carbons (Fsp3) is 0.220. The van der Waals surface area contributed by atoms with Crippen molar-refractivity contribution in [1.29, 1.82) is 0 Å². The summed E-state index contributed by atoms with van der Waals surface area (Å²) >= 11 is -3.88. The van der Waals surface area contributed by atoms with Gasteiger partial charge in [-0.25, -0.2) is 0 Å². The quantitative estimate of drug-likeness (QED) is 0.184. The summed E-state index contributed by atoms with van der Waals surface area (Å²) in [5.74, 6) is 0. The molecule has 1 aliphatic carbocycles. The molecule has 0 spiro atoms. The van der Waals surface area contributed by atoms with Gasteiger partial charge < -0.3 is 0 Å². The molecule has 0 bridgehead atoms. The number of hydrogen-bond acceptors (Lipinski definition) is 5. The van der Waals surface area contributed by atoms with Crippen molar-refractivity contribution in [2.75, 3.05) is 4.90 Å². The molecule has 0 N–H and O–H groups in total. The van der Waals surface area contributed by atoms with Crippen molar-refractivity contribution in [3.63, 3.8) is 0 Å². The van der Waals surface area contributed by atoms with Crippen LogP contribution in [0.5, 0.6) is 0 Å². The van der Waals surface area contributed by atoms with Crippen molar-refractivity contribution in [2.24, 2.45) is 0 Å². The van der Waals surface area contributed by atoms with Crippen LogP contribution >= 0.6 is 0 Å². The van der Waals surface area contributed by atoms with Crippen LogP contribution < -0.4 is 18.1 Å². The first-order valence-electron chi connectivity index (χ1n) is 17.0. The number of fused-ring (bicyclic) bond motifs is 6. The van der Waals surface area contributed by atoms with Gasteiger partial charge in [0, 0.05) is 0 Å². The average Bonchev–Trinajstić information content (AvgIpc) is 3.56. The molecule has 2 atom stereocenters. The van der Waals surface area contributed by atoms with Crippen LogP contribution in [0.4, 0.5) is 11.4 Å². The summed E-state index contributed by atoms with van der Waals surface area (Å²) in [7, 11) is 0. The number of nitrogens with zero attached hydrogens (tertiary/aromatic N) is 6. The molecule has 7 heteroatoms. The Morgan fingerprint density at radius 2 is 1.27 bits per heavy atom. The second-order valence-electron chi connectivity index (χ2n) is 14.1. The van der Waals surface area contributed by atoms with E-state index in [2.05, 4.69) is 140 Å². The molecule has 0 radical (unpaired) electrons. The first-order chi connectivity index (χ1) is 23.5. The second kappa shape index (κ2) is 10.9. The third-order valence-electron chi connectivity index (χ3n) is 11.7. The van der Waals surface area contributed by atoms with Crippen molar-refractivity contribution >= 4 is 59.9 Å². The van der Waals surface area contributed by atoms with Gasteiger partial charge in [-0.1, -0.05) is 0 Å². The van der Waals surface area contributed by atoms with E-state index < -0.39 is 13.5 Å². The van der Waals surface area contributed by atoms with Gasteiger partial charge in [-0.15, -0.1) is 0 Å². The minimum absolute atomic E-state index is 0.0121. The maximum atomic E-state index is 4.59. The Morgan fingerprint density at radius 3 is 2.00 bits per heavy atom. The third kappa shape index (κ3) is 3.92. The van der Waals surface area contributed by atoms with Crippen molar-refractivity contribution in [3.05, 3.63) is 140 Å². The van der Waals surface area contributed by atoms with E-state index >= 15 is 0 Å². The van der Waals surface area contributed by atoms with Crippen LogP contribution in [0.2, 0.25) is 0 Å². The number of aromatic nitrogens is 5. The number of para-hydroxylation sites is 1. The SMILES string of the molecule is Cc1ccc2c(c1)C1(C)CCCCC1(C)N2c1ccc2c(c1)c1ccccc1[n]2[Ge]([c]1ccccc1)([c]1cncnc1)[c]1cncnc1. The molecule has 48 heavy (non-hydrogen) atoms. The van der Waals surface area contributed by atoms with Crippen LogP contribution in [0, 0.1) is 6.92 Å². The second-order valence-corrected chi connectivity index (χ2v) is 21.6. The molecular weight excluding hydrogens is 649 g/mol. The van der Waals surface area contributed by atoms with Gasteiger partial charge in [0.1, 0.15) is 0 Å². The molecule has 4 aromatic carbocycles. The Hall–Kier alpha value is -4.82. The van der Waals surface area contributed by atoms with Crippen molar-refractivity contribution in [3.8, 4) is 0 Å². The number of anilines is 2. The Kier molecular flexibility index (Phi) is 6.63. The zero-order valence-corrected chi connectivity index (χ0v) is 29.7. The van der Waals surface area contributed by atoms with Crippen LogP contribution in [-0.4, -0.2) is 42.5 Å². The van der Waals surface area contributed by atoms with Gasteiger partial charge in [0.05, 0.1) is 0 Å². The third-order valence-corrected chi connectivity index (χ3v) is 21.1. The number of benzene rings is 4. The molecular formula is C41H38GeN6. The van der Waals surface area contributed by atoms with Crippen molar-refractivity contribution in [1.82, 2.24) is 23.5 Å². The fourth-order valence-electron chi connectivity index (χ4n) is 9.25. The van der Waals surface area contributed by atoms with E-state index in [0.29, 0.717) is 0 Å². The normalized spacial score (nSPS) is 20.6. The Bertz CT molecular complexity index is 2210. The van der Waals surface area contributed by atoms with E-state index in [9.17, 15) is 0 Å². The molecule has 1 saturated carbocycles. The summed E-state index contributed by atoms with van der Waals surface area (Å²) < 4.78 is 6.16. The van der Waals surface area contributed by atoms with Crippen LogP contribution in [0.25, 0.3) is 21.8 Å². The zero-order chi connectivity index (χ0) is 32.5. The average molecular weight is 687 g/mol. The van der Waals surface area contributed by atoms with Gasteiger partial charge in [0.25, 0.3) is 0 Å². The van der Waals surface area contributed by atoms with Gasteiger partial charge in [0.15, 0.2) is 0 Å². The summed E-state index contributed by atoms with van der Waals surface area (Å²) in [5, 5.41) is 2.50. The molecule has 4 heterocycles. The van der Waals surface area contributed by atoms with Crippen molar-refractivity contribution < 1.29 is 0 Å². The Labute approximate surface area is 284 Å². The van der Waals surface area contributed by atoms with E-state index in [-0.39, 0.29) is 11.0 Å². The molecule has 2 unspecified atom stereocenters. The fourth-order valence-corrected chi connectivity index (χ4v) is 18.9. The van der Waals surface area contributed by atoms with E-state index in [4.69, 9.17) is 0 Å². The molecule has 9 rings (SSSR count). The zero-order valence-electron chi connectivity index (χ0n) is 27.6. The Morgan fingerprint density at radius 1 is 0.625 bits per heavy atom. The summed E-state index contributed by atoms with van der Waals surface area (Å²) in [6.45, 7) is 7.25. The molecule has 3 aromatic heterocycles. The summed E-state index contributed by atoms with van der Waals surface area (Å²) in [4.78, 5) is 21.1. The van der Waals surface area contributed by atoms with Crippen LogP contribution in [-0.2, 0) is 5.41 Å². The summed E-state index contributed by atoms with van der Waals surface area (Å²) in [6.07, 6.45) is 16.2. The maximum absolute atomic E-state index is 4.59. The van der Waals surface area contributed by atoms with E-state index in [1.54, 1.807) is 12.7 Å². The predicted octanol–water partition coefficient (Wildman–Crippen LogP) is 6.94. The number of hydrogen-bond donors (Lipinski definition) is 0. The number of aryl methyl sites for hydroxylation is 1. The number of rotatable bonds is 5. The molecule has 1 aliphatic heterocycles. The first kappa shape index (κ1) is 29.3. The van der Waals surface area contributed by atoms with E-state index in [1.165, 1.54) is 74.4 Å². The van der Waals surface area contributed by atoms with Gasteiger partial charge in [-0.05, 0) is 0 Å². The van der Waals surface area contributed by atoms with Crippen LogP contribution in [0.3, 0.4) is 0 Å². The molecule has 0 amide bonds.